The first-order valence-corrected chi connectivity index (χ1v) is 12.1. The zero-order chi connectivity index (χ0) is 27.0. The molecule has 3 atom stereocenters. The molecule has 5 rings (SSSR count). The fourth-order valence-corrected chi connectivity index (χ4v) is 4.52. The fourth-order valence-electron chi connectivity index (χ4n) is 4.52. The van der Waals surface area contributed by atoms with E-state index < -0.39 is 46.8 Å². The van der Waals surface area contributed by atoms with Gasteiger partial charge in [0.1, 0.15) is 40.7 Å². The van der Waals surface area contributed by atoms with Crippen LogP contribution in [0.15, 0.2) is 42.7 Å². The lowest BCUT2D eigenvalue weighted by Crippen LogP contribution is -2.55. The van der Waals surface area contributed by atoms with Crippen molar-refractivity contribution in [3.8, 4) is 17.0 Å². The maximum absolute atomic E-state index is 14.9. The summed E-state index contributed by atoms with van der Waals surface area (Å²) >= 11 is 0. The lowest BCUT2D eigenvalue weighted by Gasteiger charge is -2.40. The number of nitrogens with zero attached hydrogens (tertiary/aromatic N) is 3. The van der Waals surface area contributed by atoms with Gasteiger partial charge in [0, 0.05) is 43.4 Å². The van der Waals surface area contributed by atoms with E-state index in [4.69, 9.17) is 15.2 Å². The average Bonchev–Trinajstić information content (AvgIpc) is 2.85. The third-order valence-electron chi connectivity index (χ3n) is 6.59. The van der Waals surface area contributed by atoms with Crippen molar-refractivity contribution in [2.24, 2.45) is 11.7 Å². The normalized spacial score (nSPS) is 21.6. The van der Waals surface area contributed by atoms with Crippen molar-refractivity contribution in [2.75, 3.05) is 36.5 Å². The Bertz CT molecular complexity index is 1320. The molecule has 2 aromatic heterocycles. The largest absolute Gasteiger partial charge is 0.485 e. The quantitative estimate of drug-likeness (QED) is 0.446. The van der Waals surface area contributed by atoms with Crippen LogP contribution in [0.1, 0.15) is 17.4 Å². The summed E-state index contributed by atoms with van der Waals surface area (Å²) in [5.41, 5.74) is 5.40. The molecule has 0 radical (unpaired) electrons. The monoisotopic (exact) mass is 529 g/mol. The zero-order valence-electron chi connectivity index (χ0n) is 20.4. The Labute approximate surface area is 216 Å². The van der Waals surface area contributed by atoms with Crippen molar-refractivity contribution in [3.63, 3.8) is 0 Å². The first-order valence-electron chi connectivity index (χ1n) is 12.1. The number of carbonyl (C=O) groups is 1. The molecule has 4 heterocycles. The summed E-state index contributed by atoms with van der Waals surface area (Å²) in [5.74, 6) is -4.08. The Morgan fingerprint density at radius 1 is 1.16 bits per heavy atom. The highest BCUT2D eigenvalue weighted by Crippen LogP contribution is 2.32. The van der Waals surface area contributed by atoms with Crippen molar-refractivity contribution in [2.45, 2.75) is 25.2 Å². The van der Waals surface area contributed by atoms with Gasteiger partial charge in [0.05, 0.1) is 42.5 Å². The number of benzene rings is 1. The minimum atomic E-state index is -1.09. The van der Waals surface area contributed by atoms with Gasteiger partial charge in [-0.05, 0) is 18.2 Å². The van der Waals surface area contributed by atoms with Gasteiger partial charge < -0.3 is 30.5 Å². The van der Waals surface area contributed by atoms with Gasteiger partial charge in [0.15, 0.2) is 0 Å². The molecule has 2 aliphatic rings. The van der Waals surface area contributed by atoms with Crippen LogP contribution in [0.5, 0.6) is 5.75 Å². The molecule has 1 aromatic carbocycles. The predicted molar refractivity (Wildman–Crippen MR) is 132 cm³/mol. The predicted octanol–water partition coefficient (Wildman–Crippen LogP) is 2.74. The van der Waals surface area contributed by atoms with Gasteiger partial charge in [-0.3, -0.25) is 9.78 Å². The van der Waals surface area contributed by atoms with Crippen LogP contribution in [0, 0.1) is 23.4 Å². The number of amides is 1. The molecule has 38 heavy (non-hydrogen) atoms. The van der Waals surface area contributed by atoms with Gasteiger partial charge >= 0.3 is 0 Å². The standard InChI is InChI=1S/C26H26F3N5O4/c1-13-9-34(10-19(30)25(13)35)22-4-5-31-8-21(22)33-26(36)20-3-2-16(27)24(32-20)23-17(28)6-14(7-18(23)29)38-15-11-37-12-15/h2-8,13,15,19,25,35H,9-12,30H2,1H3,(H,33,36)/t13-,19+,25+/m0/s1. The van der Waals surface area contributed by atoms with Crippen molar-refractivity contribution >= 4 is 17.3 Å². The summed E-state index contributed by atoms with van der Waals surface area (Å²) in [6.45, 7) is 3.33. The number of hydrogen-bond donors (Lipinski definition) is 3. The molecule has 0 unspecified atom stereocenters. The van der Waals surface area contributed by atoms with Crippen LogP contribution in [0.4, 0.5) is 24.5 Å². The highest BCUT2D eigenvalue weighted by atomic mass is 19.1. The minimum Gasteiger partial charge on any atom is -0.485 e. The number of ether oxygens (including phenoxy) is 2. The number of carbonyl (C=O) groups excluding carboxylic acids is 1. The Morgan fingerprint density at radius 2 is 1.89 bits per heavy atom. The molecule has 0 spiro atoms. The van der Waals surface area contributed by atoms with Crippen LogP contribution in [0.2, 0.25) is 0 Å². The number of piperidine rings is 1. The second kappa shape index (κ2) is 10.6. The third-order valence-corrected chi connectivity index (χ3v) is 6.59. The van der Waals surface area contributed by atoms with Gasteiger partial charge in [0.25, 0.3) is 5.91 Å². The van der Waals surface area contributed by atoms with Crippen molar-refractivity contribution in [1.29, 1.82) is 0 Å². The van der Waals surface area contributed by atoms with Crippen LogP contribution in [-0.2, 0) is 4.74 Å². The van der Waals surface area contributed by atoms with Crippen LogP contribution >= 0.6 is 0 Å². The number of anilines is 2. The molecular weight excluding hydrogens is 503 g/mol. The van der Waals surface area contributed by atoms with E-state index in [2.05, 4.69) is 15.3 Å². The van der Waals surface area contributed by atoms with E-state index in [1.165, 1.54) is 6.20 Å². The lowest BCUT2D eigenvalue weighted by atomic mass is 9.92. The summed E-state index contributed by atoms with van der Waals surface area (Å²) < 4.78 is 54.8. The molecule has 0 bridgehead atoms. The second-order valence-electron chi connectivity index (χ2n) is 9.45. The minimum absolute atomic E-state index is 0.0604. The van der Waals surface area contributed by atoms with E-state index in [0.29, 0.717) is 37.7 Å². The number of halogens is 3. The SMILES string of the molecule is C[C@H]1CN(c2ccncc2NC(=O)c2ccc(F)c(-c3c(F)cc(OC4COC4)cc3F)n2)C[C@@H](N)[C@@H]1O. The van der Waals surface area contributed by atoms with Crippen molar-refractivity contribution < 1.29 is 32.5 Å². The molecule has 0 saturated carbocycles. The molecule has 3 aromatic rings. The number of aromatic nitrogens is 2. The van der Waals surface area contributed by atoms with Crippen LogP contribution in [0.25, 0.3) is 11.3 Å². The molecule has 4 N–H and O–H groups in total. The number of rotatable bonds is 6. The van der Waals surface area contributed by atoms with E-state index in [1.54, 1.807) is 12.3 Å². The van der Waals surface area contributed by atoms with Gasteiger partial charge in [-0.1, -0.05) is 6.92 Å². The topological polar surface area (TPSA) is 123 Å². The van der Waals surface area contributed by atoms with E-state index in [0.717, 1.165) is 24.3 Å². The number of hydrogen-bond acceptors (Lipinski definition) is 8. The number of aliphatic hydroxyl groups is 1. The summed E-state index contributed by atoms with van der Waals surface area (Å²) in [5, 5.41) is 12.9. The molecule has 2 aliphatic heterocycles. The summed E-state index contributed by atoms with van der Waals surface area (Å²) in [6, 6.07) is 5.12. The smallest absolute Gasteiger partial charge is 0.274 e. The second-order valence-corrected chi connectivity index (χ2v) is 9.45. The van der Waals surface area contributed by atoms with Gasteiger partial charge in [0.2, 0.25) is 0 Å². The van der Waals surface area contributed by atoms with Crippen molar-refractivity contribution in [3.05, 3.63) is 65.9 Å². The molecule has 0 aliphatic carbocycles. The summed E-state index contributed by atoms with van der Waals surface area (Å²) in [6.07, 6.45) is 2.02. The first kappa shape index (κ1) is 25.9. The Kier molecular flexibility index (Phi) is 7.19. The fraction of sp³-hybridized carbons (Fsp3) is 0.346. The molecule has 9 nitrogen and oxygen atoms in total. The highest BCUT2D eigenvalue weighted by Gasteiger charge is 2.32. The number of pyridine rings is 2. The molecule has 12 heteroatoms. The zero-order valence-corrected chi connectivity index (χ0v) is 20.4. The molecular formula is C26H26F3N5O4. The maximum atomic E-state index is 14.9. The molecule has 1 amide bonds. The number of nitrogens with one attached hydrogen (secondary N) is 1. The maximum Gasteiger partial charge on any atom is 0.274 e. The van der Waals surface area contributed by atoms with Gasteiger partial charge in [-0.25, -0.2) is 18.2 Å². The Morgan fingerprint density at radius 3 is 2.55 bits per heavy atom. The van der Waals surface area contributed by atoms with Crippen LogP contribution < -0.4 is 20.7 Å². The highest BCUT2D eigenvalue weighted by molar-refractivity contribution is 6.04. The molecule has 2 fully saturated rings. The Hall–Kier alpha value is -3.74. The first-order chi connectivity index (χ1) is 18.2. The number of nitrogens with two attached hydrogens (primary N) is 1. The van der Waals surface area contributed by atoms with Crippen LogP contribution in [-0.4, -0.2) is 65.5 Å². The number of aliphatic hydroxyl groups excluding tert-OH is 1. The average molecular weight is 530 g/mol. The lowest BCUT2D eigenvalue weighted by molar-refractivity contribution is -0.0798. The Balaban J connectivity index is 1.40. The van der Waals surface area contributed by atoms with E-state index >= 15 is 0 Å². The van der Waals surface area contributed by atoms with Crippen LogP contribution in [0.3, 0.4) is 0 Å². The van der Waals surface area contributed by atoms with E-state index in [1.807, 2.05) is 11.8 Å². The van der Waals surface area contributed by atoms with E-state index in [9.17, 15) is 23.1 Å². The van der Waals surface area contributed by atoms with Gasteiger partial charge in [-0.15, -0.1) is 0 Å². The van der Waals surface area contributed by atoms with Crippen molar-refractivity contribution in [1.82, 2.24) is 9.97 Å². The molecule has 200 valence electrons. The van der Waals surface area contributed by atoms with Gasteiger partial charge in [-0.2, -0.15) is 0 Å². The van der Waals surface area contributed by atoms with E-state index in [-0.39, 0.29) is 23.5 Å². The summed E-state index contributed by atoms with van der Waals surface area (Å²) in [4.78, 5) is 23.0. The summed E-state index contributed by atoms with van der Waals surface area (Å²) in [7, 11) is 0. The third kappa shape index (κ3) is 5.15. The molecule has 2 saturated heterocycles.